The van der Waals surface area contributed by atoms with Crippen LogP contribution in [0.2, 0.25) is 0 Å². The minimum atomic E-state index is -0.626. The van der Waals surface area contributed by atoms with E-state index in [-0.39, 0.29) is 0 Å². The first-order valence-electron chi connectivity index (χ1n) is 8.27. The summed E-state index contributed by atoms with van der Waals surface area (Å²) in [5.41, 5.74) is 9.40. The Kier molecular flexibility index (Phi) is 4.81. The number of benzene rings is 2. The van der Waals surface area contributed by atoms with Crippen LogP contribution in [0.25, 0.3) is 22.5 Å². The topological polar surface area (TPSA) is 114 Å². The number of nitrogens with one attached hydrogen (secondary N) is 1. The SMILES string of the molecule is NC(=O)N(c1cccc(-c2cccnc2)c1)c1ccc(Br)cc1-c1nnn[nH]1. The second-order valence-corrected chi connectivity index (χ2v) is 6.79. The summed E-state index contributed by atoms with van der Waals surface area (Å²) in [6.45, 7) is 0. The number of urea groups is 1. The van der Waals surface area contributed by atoms with Crippen LogP contribution in [0, 0.1) is 0 Å². The number of carbonyl (C=O) groups excluding carboxylic acids is 1. The fourth-order valence-electron chi connectivity index (χ4n) is 2.91. The minimum absolute atomic E-state index is 0.422. The first-order chi connectivity index (χ1) is 13.6. The van der Waals surface area contributed by atoms with Gasteiger partial charge in [0.05, 0.1) is 11.4 Å². The molecule has 0 bridgehead atoms. The average molecular weight is 436 g/mol. The van der Waals surface area contributed by atoms with Gasteiger partial charge >= 0.3 is 6.03 Å². The molecule has 28 heavy (non-hydrogen) atoms. The van der Waals surface area contributed by atoms with E-state index in [1.165, 1.54) is 4.90 Å². The second kappa shape index (κ2) is 7.57. The van der Waals surface area contributed by atoms with Crippen molar-refractivity contribution in [2.45, 2.75) is 0 Å². The number of aromatic nitrogens is 5. The molecule has 2 heterocycles. The molecule has 0 saturated heterocycles. The number of pyridine rings is 1. The van der Waals surface area contributed by atoms with Crippen LogP contribution in [0.15, 0.2) is 71.5 Å². The van der Waals surface area contributed by atoms with Gasteiger partial charge in [0.2, 0.25) is 0 Å². The lowest BCUT2D eigenvalue weighted by Gasteiger charge is -2.23. The van der Waals surface area contributed by atoms with Crippen molar-refractivity contribution in [3.8, 4) is 22.5 Å². The van der Waals surface area contributed by atoms with Crippen molar-refractivity contribution in [2.24, 2.45) is 5.73 Å². The van der Waals surface area contributed by atoms with Crippen LogP contribution < -0.4 is 10.6 Å². The monoisotopic (exact) mass is 435 g/mol. The quantitative estimate of drug-likeness (QED) is 0.504. The zero-order valence-corrected chi connectivity index (χ0v) is 16.0. The zero-order chi connectivity index (χ0) is 19.5. The summed E-state index contributed by atoms with van der Waals surface area (Å²) < 4.78 is 0.816. The van der Waals surface area contributed by atoms with Crippen LogP contribution in [0.1, 0.15) is 0 Å². The summed E-state index contributed by atoms with van der Waals surface area (Å²) in [6.07, 6.45) is 3.47. The molecule has 8 nitrogen and oxygen atoms in total. The molecule has 0 aliphatic heterocycles. The van der Waals surface area contributed by atoms with E-state index in [9.17, 15) is 4.79 Å². The maximum Gasteiger partial charge on any atom is 0.323 e. The van der Waals surface area contributed by atoms with Gasteiger partial charge in [-0.3, -0.25) is 9.88 Å². The lowest BCUT2D eigenvalue weighted by atomic mass is 10.1. The highest BCUT2D eigenvalue weighted by atomic mass is 79.9. The van der Waals surface area contributed by atoms with Crippen LogP contribution in [0.4, 0.5) is 16.2 Å². The van der Waals surface area contributed by atoms with Crippen molar-refractivity contribution in [3.05, 3.63) is 71.5 Å². The van der Waals surface area contributed by atoms with E-state index in [2.05, 4.69) is 41.5 Å². The van der Waals surface area contributed by atoms with Gasteiger partial charge in [-0.25, -0.2) is 9.89 Å². The molecule has 0 fully saturated rings. The van der Waals surface area contributed by atoms with Crippen molar-refractivity contribution in [1.29, 1.82) is 0 Å². The molecule has 0 unspecified atom stereocenters. The summed E-state index contributed by atoms with van der Waals surface area (Å²) in [5.74, 6) is 0.422. The molecule has 0 aliphatic carbocycles. The first kappa shape index (κ1) is 17.8. The van der Waals surface area contributed by atoms with Crippen molar-refractivity contribution in [1.82, 2.24) is 25.6 Å². The third-order valence-corrected chi connectivity index (χ3v) is 4.61. The number of primary amides is 1. The number of H-pyrrole nitrogens is 1. The molecule has 138 valence electrons. The maximum absolute atomic E-state index is 12.4. The van der Waals surface area contributed by atoms with Crippen LogP contribution in [0.5, 0.6) is 0 Å². The van der Waals surface area contributed by atoms with Gasteiger partial charge in [-0.15, -0.1) is 5.10 Å². The molecular formula is C19H14BrN7O. The van der Waals surface area contributed by atoms with Gasteiger partial charge in [-0.05, 0) is 52.4 Å². The molecular weight excluding hydrogens is 422 g/mol. The largest absolute Gasteiger partial charge is 0.351 e. The molecule has 2 aromatic heterocycles. The number of nitrogens with zero attached hydrogens (tertiary/aromatic N) is 5. The van der Waals surface area contributed by atoms with Gasteiger partial charge < -0.3 is 5.73 Å². The highest BCUT2D eigenvalue weighted by molar-refractivity contribution is 9.10. The second-order valence-electron chi connectivity index (χ2n) is 5.88. The number of hydrogen-bond donors (Lipinski definition) is 2. The Balaban J connectivity index is 1.85. The third-order valence-electron chi connectivity index (χ3n) is 4.12. The summed E-state index contributed by atoms with van der Waals surface area (Å²) in [4.78, 5) is 18.0. The van der Waals surface area contributed by atoms with Gasteiger partial charge in [0.15, 0.2) is 5.82 Å². The zero-order valence-electron chi connectivity index (χ0n) is 14.5. The fraction of sp³-hybridized carbons (Fsp3) is 0. The Bertz CT molecular complexity index is 1120. The number of tetrazole rings is 1. The normalized spacial score (nSPS) is 10.6. The Morgan fingerprint density at radius 3 is 2.64 bits per heavy atom. The van der Waals surface area contributed by atoms with Crippen molar-refractivity contribution >= 4 is 33.3 Å². The summed E-state index contributed by atoms with van der Waals surface area (Å²) in [6, 6.07) is 16.1. The molecule has 4 rings (SSSR count). The van der Waals surface area contributed by atoms with E-state index in [4.69, 9.17) is 5.73 Å². The molecule has 0 saturated carbocycles. The highest BCUT2D eigenvalue weighted by Crippen LogP contribution is 2.36. The van der Waals surface area contributed by atoms with Gasteiger partial charge in [-0.1, -0.05) is 34.1 Å². The average Bonchev–Trinajstić information content (AvgIpc) is 3.25. The van der Waals surface area contributed by atoms with Crippen molar-refractivity contribution < 1.29 is 4.79 Å². The van der Waals surface area contributed by atoms with Gasteiger partial charge in [0, 0.05) is 28.0 Å². The smallest absolute Gasteiger partial charge is 0.323 e. The lowest BCUT2D eigenvalue weighted by molar-refractivity contribution is 0.256. The molecule has 0 aliphatic rings. The number of hydrogen-bond acceptors (Lipinski definition) is 5. The molecule has 9 heteroatoms. The molecule has 2 amide bonds. The number of nitrogens with two attached hydrogens (primary N) is 1. The summed E-state index contributed by atoms with van der Waals surface area (Å²) in [7, 11) is 0. The van der Waals surface area contributed by atoms with E-state index in [0.29, 0.717) is 22.8 Å². The Hall–Kier alpha value is -3.59. The van der Waals surface area contributed by atoms with E-state index in [0.717, 1.165) is 15.6 Å². The van der Waals surface area contributed by atoms with Gasteiger partial charge in [0.1, 0.15) is 0 Å². The molecule has 0 atom stereocenters. The van der Waals surface area contributed by atoms with Crippen LogP contribution in [-0.4, -0.2) is 31.6 Å². The van der Waals surface area contributed by atoms with Crippen LogP contribution in [-0.2, 0) is 0 Å². The fourth-order valence-corrected chi connectivity index (χ4v) is 3.27. The Morgan fingerprint density at radius 2 is 1.93 bits per heavy atom. The van der Waals surface area contributed by atoms with E-state index in [1.807, 2.05) is 48.5 Å². The van der Waals surface area contributed by atoms with Gasteiger partial charge in [0.25, 0.3) is 0 Å². The predicted octanol–water partition coefficient (Wildman–Crippen LogP) is 3.91. The molecule has 0 spiro atoms. The van der Waals surface area contributed by atoms with Crippen LogP contribution in [0.3, 0.4) is 0 Å². The number of amides is 2. The molecule has 0 radical (unpaired) electrons. The number of anilines is 2. The maximum atomic E-state index is 12.4. The molecule has 2 aromatic carbocycles. The first-order valence-corrected chi connectivity index (χ1v) is 9.06. The number of rotatable bonds is 4. The van der Waals surface area contributed by atoms with Crippen molar-refractivity contribution in [2.75, 3.05) is 4.90 Å². The number of aromatic amines is 1. The third kappa shape index (κ3) is 3.47. The van der Waals surface area contributed by atoms with E-state index < -0.39 is 6.03 Å². The molecule has 3 N–H and O–H groups in total. The number of carbonyl (C=O) groups is 1. The van der Waals surface area contributed by atoms with E-state index in [1.54, 1.807) is 18.5 Å². The Labute approximate surface area is 168 Å². The summed E-state index contributed by atoms with van der Waals surface area (Å²) in [5, 5.41) is 13.9. The summed E-state index contributed by atoms with van der Waals surface area (Å²) >= 11 is 3.44. The van der Waals surface area contributed by atoms with Gasteiger partial charge in [-0.2, -0.15) is 0 Å². The Morgan fingerprint density at radius 1 is 1.07 bits per heavy atom. The van der Waals surface area contributed by atoms with E-state index >= 15 is 0 Å². The molecule has 4 aromatic rings. The van der Waals surface area contributed by atoms with Crippen LogP contribution >= 0.6 is 15.9 Å². The predicted molar refractivity (Wildman–Crippen MR) is 109 cm³/mol. The minimum Gasteiger partial charge on any atom is -0.351 e. The number of halogens is 1. The standard InChI is InChI=1S/C19H14BrN7O/c20-14-6-7-17(16(10-14)18-23-25-26-24-18)27(19(21)28)15-5-1-3-12(9-15)13-4-2-8-22-11-13/h1-11H,(H2,21,28)(H,23,24,25,26). The van der Waals surface area contributed by atoms with Crippen molar-refractivity contribution in [3.63, 3.8) is 0 Å². The highest BCUT2D eigenvalue weighted by Gasteiger charge is 2.21. The lowest BCUT2D eigenvalue weighted by Crippen LogP contribution is -2.31.